The average molecular weight is 190 g/mol. The van der Waals surface area contributed by atoms with Crippen LogP contribution in [0, 0.1) is 0 Å². The molecule has 0 unspecified atom stereocenters. The Labute approximate surface area is 79.2 Å². The molecule has 0 heterocycles. The van der Waals surface area contributed by atoms with Crippen molar-refractivity contribution in [2.24, 2.45) is 0 Å². The van der Waals surface area contributed by atoms with Crippen LogP contribution in [0.25, 0.3) is 0 Å². The first-order valence-electron chi connectivity index (χ1n) is 4.36. The number of carbonyl (C=O) groups is 1. The molecule has 0 aliphatic rings. The summed E-state index contributed by atoms with van der Waals surface area (Å²) in [4.78, 5) is 10.7. The van der Waals surface area contributed by atoms with Crippen LogP contribution in [-0.4, -0.2) is 32.1 Å². The first-order chi connectivity index (χ1) is 6.02. The van der Waals surface area contributed by atoms with Crippen molar-refractivity contribution in [1.29, 1.82) is 0 Å². The molecule has 0 aromatic heterocycles. The minimum atomic E-state index is -0.616. The zero-order valence-corrected chi connectivity index (χ0v) is 8.75. The third kappa shape index (κ3) is 6.40. The minimum absolute atomic E-state index is 0.257. The van der Waals surface area contributed by atoms with Gasteiger partial charge >= 0.3 is 6.16 Å². The number of carbonyl (C=O) groups excluding carboxylic acids is 1. The monoisotopic (exact) mass is 190 g/mol. The van der Waals surface area contributed by atoms with E-state index in [0.29, 0.717) is 19.6 Å². The highest BCUT2D eigenvalue weighted by atomic mass is 16.7. The molecule has 4 heteroatoms. The van der Waals surface area contributed by atoms with Crippen LogP contribution in [0.1, 0.15) is 27.2 Å². The van der Waals surface area contributed by atoms with Gasteiger partial charge in [-0.25, -0.2) is 4.79 Å². The predicted molar refractivity (Wildman–Crippen MR) is 48.7 cm³/mol. The quantitative estimate of drug-likeness (QED) is 0.622. The molecule has 13 heavy (non-hydrogen) atoms. The molecule has 0 aliphatic carbocycles. The van der Waals surface area contributed by atoms with E-state index in [0.717, 1.165) is 0 Å². The predicted octanol–water partition coefficient (Wildman–Crippen LogP) is 1.97. The highest BCUT2D eigenvalue weighted by molar-refractivity contribution is 5.59. The highest BCUT2D eigenvalue weighted by Crippen LogP contribution is 2.12. The van der Waals surface area contributed by atoms with Crippen LogP contribution in [0.3, 0.4) is 0 Å². The zero-order chi connectivity index (χ0) is 10.3. The Kier molecular flexibility index (Phi) is 5.46. The third-order valence-corrected chi connectivity index (χ3v) is 1.74. The Bertz CT molecular complexity index is 154. The summed E-state index contributed by atoms with van der Waals surface area (Å²) in [5, 5.41) is 0. The molecular formula is C9H18O4. The van der Waals surface area contributed by atoms with E-state index in [2.05, 4.69) is 4.74 Å². The molecule has 0 saturated carbocycles. The van der Waals surface area contributed by atoms with Crippen molar-refractivity contribution >= 4 is 6.16 Å². The van der Waals surface area contributed by atoms with Gasteiger partial charge in [0.1, 0.15) is 0 Å². The Balaban J connectivity index is 3.50. The number of hydrogen-bond donors (Lipinski definition) is 0. The molecule has 0 amide bonds. The standard InChI is InChI=1S/C9H18O4/c1-5-12-8(10)13-7-6-9(2,3)11-4/h5-7H2,1-4H3. The van der Waals surface area contributed by atoms with Crippen molar-refractivity contribution < 1.29 is 19.0 Å². The van der Waals surface area contributed by atoms with Gasteiger partial charge in [0, 0.05) is 13.5 Å². The Morgan fingerprint density at radius 2 is 1.92 bits per heavy atom. The first-order valence-corrected chi connectivity index (χ1v) is 4.36. The normalized spacial score (nSPS) is 11.1. The second-order valence-electron chi connectivity index (χ2n) is 3.25. The van der Waals surface area contributed by atoms with Crippen LogP contribution in [0.2, 0.25) is 0 Å². The summed E-state index contributed by atoms with van der Waals surface area (Å²) in [7, 11) is 1.63. The van der Waals surface area contributed by atoms with Gasteiger partial charge in [0.15, 0.2) is 0 Å². The smallest absolute Gasteiger partial charge is 0.435 e. The fourth-order valence-corrected chi connectivity index (χ4v) is 0.642. The number of hydrogen-bond acceptors (Lipinski definition) is 4. The van der Waals surface area contributed by atoms with Crippen LogP contribution in [-0.2, 0) is 14.2 Å². The van der Waals surface area contributed by atoms with E-state index in [4.69, 9.17) is 9.47 Å². The van der Waals surface area contributed by atoms with Gasteiger partial charge in [0.2, 0.25) is 0 Å². The largest absolute Gasteiger partial charge is 0.508 e. The fraction of sp³-hybridized carbons (Fsp3) is 0.889. The Morgan fingerprint density at radius 1 is 1.31 bits per heavy atom. The highest BCUT2D eigenvalue weighted by Gasteiger charge is 2.16. The van der Waals surface area contributed by atoms with Gasteiger partial charge in [-0.2, -0.15) is 0 Å². The van der Waals surface area contributed by atoms with Gasteiger partial charge < -0.3 is 14.2 Å². The summed E-state index contributed by atoms with van der Waals surface area (Å²) in [6.07, 6.45) is 0.0388. The molecule has 0 N–H and O–H groups in total. The summed E-state index contributed by atoms with van der Waals surface area (Å²) in [6, 6.07) is 0. The topological polar surface area (TPSA) is 44.8 Å². The molecule has 0 aliphatic heterocycles. The molecule has 0 saturated heterocycles. The summed E-state index contributed by atoms with van der Waals surface area (Å²) >= 11 is 0. The van der Waals surface area contributed by atoms with Crippen molar-refractivity contribution in [1.82, 2.24) is 0 Å². The maximum atomic E-state index is 10.7. The maximum absolute atomic E-state index is 10.7. The summed E-state index contributed by atoms with van der Waals surface area (Å²) in [5.41, 5.74) is -0.257. The van der Waals surface area contributed by atoms with E-state index < -0.39 is 6.16 Å². The fourth-order valence-electron chi connectivity index (χ4n) is 0.642. The lowest BCUT2D eigenvalue weighted by atomic mass is 10.1. The molecule has 0 radical (unpaired) electrons. The van der Waals surface area contributed by atoms with Crippen LogP contribution in [0.5, 0.6) is 0 Å². The zero-order valence-electron chi connectivity index (χ0n) is 8.75. The Hall–Kier alpha value is -0.770. The summed E-state index contributed by atoms with van der Waals surface area (Å²) < 4.78 is 14.5. The van der Waals surface area contributed by atoms with Gasteiger partial charge in [0.25, 0.3) is 0 Å². The van der Waals surface area contributed by atoms with Crippen LogP contribution in [0.15, 0.2) is 0 Å². The van der Waals surface area contributed by atoms with Gasteiger partial charge in [-0.3, -0.25) is 0 Å². The van der Waals surface area contributed by atoms with Gasteiger partial charge in [-0.15, -0.1) is 0 Å². The summed E-state index contributed by atoms with van der Waals surface area (Å²) in [5.74, 6) is 0. The van der Waals surface area contributed by atoms with E-state index >= 15 is 0 Å². The van der Waals surface area contributed by atoms with Crippen molar-refractivity contribution in [3.8, 4) is 0 Å². The molecule has 0 aromatic rings. The second kappa shape index (κ2) is 5.80. The maximum Gasteiger partial charge on any atom is 0.508 e. The number of ether oxygens (including phenoxy) is 3. The molecule has 0 atom stereocenters. The first kappa shape index (κ1) is 12.2. The molecule has 0 rings (SSSR count). The minimum Gasteiger partial charge on any atom is -0.435 e. The lowest BCUT2D eigenvalue weighted by Crippen LogP contribution is -2.25. The number of rotatable bonds is 5. The van der Waals surface area contributed by atoms with E-state index in [1.54, 1.807) is 14.0 Å². The van der Waals surface area contributed by atoms with E-state index in [9.17, 15) is 4.79 Å². The lowest BCUT2D eigenvalue weighted by molar-refractivity contribution is -0.00940. The van der Waals surface area contributed by atoms with Gasteiger partial charge in [-0.1, -0.05) is 0 Å². The van der Waals surface area contributed by atoms with Crippen LogP contribution < -0.4 is 0 Å². The van der Waals surface area contributed by atoms with Crippen LogP contribution in [0.4, 0.5) is 4.79 Å². The lowest BCUT2D eigenvalue weighted by Gasteiger charge is -2.21. The van der Waals surface area contributed by atoms with Crippen LogP contribution >= 0.6 is 0 Å². The second-order valence-corrected chi connectivity index (χ2v) is 3.25. The SMILES string of the molecule is CCOC(=O)OCCC(C)(C)OC. The molecule has 4 nitrogen and oxygen atoms in total. The molecule has 0 fully saturated rings. The third-order valence-electron chi connectivity index (χ3n) is 1.74. The number of methoxy groups -OCH3 is 1. The molecule has 0 bridgehead atoms. The Morgan fingerprint density at radius 3 is 2.38 bits per heavy atom. The summed E-state index contributed by atoms with van der Waals surface area (Å²) in [6.45, 7) is 6.26. The van der Waals surface area contributed by atoms with E-state index in [1.165, 1.54) is 0 Å². The van der Waals surface area contributed by atoms with Gasteiger partial charge in [-0.05, 0) is 20.8 Å². The van der Waals surface area contributed by atoms with E-state index in [-0.39, 0.29) is 5.60 Å². The molecule has 78 valence electrons. The molecule has 0 spiro atoms. The van der Waals surface area contributed by atoms with Crippen molar-refractivity contribution in [2.45, 2.75) is 32.8 Å². The van der Waals surface area contributed by atoms with Gasteiger partial charge in [0.05, 0.1) is 18.8 Å². The molecular weight excluding hydrogens is 172 g/mol. The van der Waals surface area contributed by atoms with E-state index in [1.807, 2.05) is 13.8 Å². The van der Waals surface area contributed by atoms with Crippen molar-refractivity contribution in [2.75, 3.05) is 20.3 Å². The van der Waals surface area contributed by atoms with Crippen molar-refractivity contribution in [3.63, 3.8) is 0 Å². The van der Waals surface area contributed by atoms with Crippen molar-refractivity contribution in [3.05, 3.63) is 0 Å². The molecule has 0 aromatic carbocycles. The average Bonchev–Trinajstić information content (AvgIpc) is 2.05.